The summed E-state index contributed by atoms with van der Waals surface area (Å²) < 4.78 is 14.3. The zero-order valence-electron chi connectivity index (χ0n) is 10.4. The molecule has 2 nitrogen and oxygen atoms in total. The van der Waals surface area contributed by atoms with Gasteiger partial charge in [-0.2, -0.15) is 0 Å². The molecule has 3 aromatic rings. The molecule has 3 rings (SSSR count). The van der Waals surface area contributed by atoms with Crippen molar-refractivity contribution in [2.75, 3.05) is 0 Å². The zero-order chi connectivity index (χ0) is 13.4. The number of allylic oxidation sites excluding steroid dienone is 1. The summed E-state index contributed by atoms with van der Waals surface area (Å²) in [6.45, 7) is 5.78. The quantitative estimate of drug-likeness (QED) is 0.683. The predicted molar refractivity (Wildman–Crippen MR) is 77.5 cm³/mol. The number of hydrogen-bond acceptors (Lipinski definition) is 3. The monoisotopic (exact) mass is 270 g/mol. The van der Waals surface area contributed by atoms with Crippen molar-refractivity contribution in [3.05, 3.63) is 53.9 Å². The lowest BCUT2D eigenvalue weighted by Gasteiger charge is -2.02. The fourth-order valence-corrected chi connectivity index (χ4v) is 2.88. The Morgan fingerprint density at radius 2 is 2.16 bits per heavy atom. The fraction of sp³-hybridized carbons (Fsp3) is 0.0667. The minimum Gasteiger partial charge on any atom is -0.236 e. The van der Waals surface area contributed by atoms with E-state index in [1.807, 2.05) is 24.4 Å². The number of benzene rings is 1. The summed E-state index contributed by atoms with van der Waals surface area (Å²) >= 11 is 1.37. The molecule has 2 aromatic heterocycles. The van der Waals surface area contributed by atoms with Crippen LogP contribution in [0, 0.1) is 5.82 Å². The van der Waals surface area contributed by atoms with Gasteiger partial charge in [-0.3, -0.25) is 0 Å². The molecule has 0 atom stereocenters. The minimum atomic E-state index is -0.204. The lowest BCUT2D eigenvalue weighted by molar-refractivity contribution is 0.642. The molecule has 4 heteroatoms. The molecule has 0 aliphatic heterocycles. The van der Waals surface area contributed by atoms with Gasteiger partial charge in [-0.15, -0.1) is 11.3 Å². The van der Waals surface area contributed by atoms with Gasteiger partial charge in [0, 0.05) is 22.5 Å². The highest BCUT2D eigenvalue weighted by molar-refractivity contribution is 7.17. The van der Waals surface area contributed by atoms with Crippen molar-refractivity contribution in [2.24, 2.45) is 0 Å². The topological polar surface area (TPSA) is 25.8 Å². The number of fused-ring (bicyclic) bond motifs is 1. The van der Waals surface area contributed by atoms with Gasteiger partial charge in [0.15, 0.2) is 5.82 Å². The fourth-order valence-electron chi connectivity index (χ4n) is 1.92. The van der Waals surface area contributed by atoms with E-state index in [9.17, 15) is 4.39 Å². The number of rotatable bonds is 2. The maximum Gasteiger partial charge on any atom is 0.161 e. The first-order valence-corrected chi connectivity index (χ1v) is 6.70. The van der Waals surface area contributed by atoms with Crippen LogP contribution in [0.5, 0.6) is 0 Å². The number of thiophene rings is 1. The van der Waals surface area contributed by atoms with Crippen molar-refractivity contribution in [1.82, 2.24) is 9.97 Å². The van der Waals surface area contributed by atoms with Crippen LogP contribution in [0.3, 0.4) is 0 Å². The first-order valence-electron chi connectivity index (χ1n) is 5.82. The second-order valence-electron chi connectivity index (χ2n) is 4.31. The van der Waals surface area contributed by atoms with Gasteiger partial charge in [0.2, 0.25) is 0 Å². The number of nitrogens with zero attached hydrogens (tertiary/aromatic N) is 2. The molecule has 0 saturated heterocycles. The Bertz CT molecular complexity index is 777. The van der Waals surface area contributed by atoms with E-state index in [4.69, 9.17) is 0 Å². The Kier molecular flexibility index (Phi) is 2.87. The van der Waals surface area contributed by atoms with Gasteiger partial charge in [-0.25, -0.2) is 14.4 Å². The van der Waals surface area contributed by atoms with Gasteiger partial charge >= 0.3 is 0 Å². The zero-order valence-corrected chi connectivity index (χ0v) is 11.2. The Hall–Kier alpha value is -2.07. The van der Waals surface area contributed by atoms with Crippen LogP contribution >= 0.6 is 11.3 Å². The largest absolute Gasteiger partial charge is 0.236 e. The van der Waals surface area contributed by atoms with E-state index in [1.165, 1.54) is 17.4 Å². The number of halogens is 1. The number of aromatic nitrogens is 2. The Morgan fingerprint density at radius 1 is 1.32 bits per heavy atom. The molecule has 19 heavy (non-hydrogen) atoms. The predicted octanol–water partition coefficient (Wildman–Crippen LogP) is 4.53. The van der Waals surface area contributed by atoms with E-state index in [0.717, 1.165) is 22.2 Å². The van der Waals surface area contributed by atoms with Crippen LogP contribution in [0.2, 0.25) is 0 Å². The van der Waals surface area contributed by atoms with E-state index in [2.05, 4.69) is 16.5 Å². The van der Waals surface area contributed by atoms with Crippen molar-refractivity contribution < 1.29 is 4.39 Å². The third kappa shape index (κ3) is 2.04. The van der Waals surface area contributed by atoms with Crippen LogP contribution in [0.25, 0.3) is 27.0 Å². The van der Waals surface area contributed by atoms with Gasteiger partial charge in [0.1, 0.15) is 5.82 Å². The molecule has 0 bridgehead atoms. The maximum absolute atomic E-state index is 13.7. The summed E-state index contributed by atoms with van der Waals surface area (Å²) in [7, 11) is 0. The Labute approximate surface area is 114 Å². The van der Waals surface area contributed by atoms with Gasteiger partial charge in [-0.1, -0.05) is 18.7 Å². The van der Waals surface area contributed by atoms with E-state index < -0.39 is 0 Å². The molecule has 0 amide bonds. The smallest absolute Gasteiger partial charge is 0.161 e. The molecule has 0 unspecified atom stereocenters. The first-order chi connectivity index (χ1) is 9.16. The van der Waals surface area contributed by atoms with Crippen LogP contribution < -0.4 is 0 Å². The van der Waals surface area contributed by atoms with Crippen LogP contribution in [-0.4, -0.2) is 9.97 Å². The van der Waals surface area contributed by atoms with Gasteiger partial charge in [0.05, 0.1) is 10.4 Å². The van der Waals surface area contributed by atoms with E-state index in [1.54, 1.807) is 12.3 Å². The lowest BCUT2D eigenvalue weighted by Crippen LogP contribution is -1.92. The van der Waals surface area contributed by atoms with Crippen molar-refractivity contribution in [3.63, 3.8) is 0 Å². The van der Waals surface area contributed by atoms with Gasteiger partial charge in [0.25, 0.3) is 0 Å². The third-order valence-corrected chi connectivity index (χ3v) is 3.89. The van der Waals surface area contributed by atoms with Gasteiger partial charge < -0.3 is 0 Å². The second kappa shape index (κ2) is 4.55. The van der Waals surface area contributed by atoms with Crippen LogP contribution in [0.15, 0.2) is 42.4 Å². The highest BCUT2D eigenvalue weighted by Crippen LogP contribution is 2.33. The summed E-state index contributed by atoms with van der Waals surface area (Å²) in [6.07, 6.45) is 1.70. The molecular weight excluding hydrogens is 259 g/mol. The average molecular weight is 270 g/mol. The standard InChI is InChI=1S/C15H11FN2S/c1-9(2)13-6-7-17-15(18-13)11-8-19-14-10(11)4-3-5-12(14)16/h3-8H,1H2,2H3. The summed E-state index contributed by atoms with van der Waals surface area (Å²) in [4.78, 5) is 8.74. The molecule has 0 aliphatic carbocycles. The van der Waals surface area contributed by atoms with Crippen molar-refractivity contribution in [2.45, 2.75) is 6.92 Å². The van der Waals surface area contributed by atoms with Crippen molar-refractivity contribution in [1.29, 1.82) is 0 Å². The normalized spacial score (nSPS) is 10.8. The van der Waals surface area contributed by atoms with Crippen LogP contribution in [0.1, 0.15) is 12.6 Å². The molecular formula is C15H11FN2S. The molecule has 94 valence electrons. The molecule has 2 heterocycles. The Balaban J connectivity index is 2.22. The molecule has 0 fully saturated rings. The highest BCUT2D eigenvalue weighted by Gasteiger charge is 2.12. The van der Waals surface area contributed by atoms with Gasteiger partial charge in [-0.05, 0) is 24.6 Å². The molecule has 0 saturated carbocycles. The molecule has 0 aliphatic rings. The maximum atomic E-state index is 13.7. The second-order valence-corrected chi connectivity index (χ2v) is 5.19. The summed E-state index contributed by atoms with van der Waals surface area (Å²) in [5, 5.41) is 2.74. The summed E-state index contributed by atoms with van der Waals surface area (Å²) in [6, 6.07) is 6.88. The van der Waals surface area contributed by atoms with Crippen LogP contribution in [-0.2, 0) is 0 Å². The Morgan fingerprint density at radius 3 is 2.95 bits per heavy atom. The minimum absolute atomic E-state index is 0.204. The summed E-state index contributed by atoms with van der Waals surface area (Å²) in [5.74, 6) is 0.405. The van der Waals surface area contributed by atoms with E-state index >= 15 is 0 Å². The SMILES string of the molecule is C=C(C)c1ccnc(-c2csc3c(F)cccc23)n1. The van der Waals surface area contributed by atoms with E-state index in [0.29, 0.717) is 10.5 Å². The van der Waals surface area contributed by atoms with E-state index in [-0.39, 0.29) is 5.82 Å². The van der Waals surface area contributed by atoms with Crippen LogP contribution in [0.4, 0.5) is 4.39 Å². The summed E-state index contributed by atoms with van der Waals surface area (Å²) in [5.41, 5.74) is 2.55. The molecule has 0 radical (unpaired) electrons. The lowest BCUT2D eigenvalue weighted by atomic mass is 10.1. The number of hydrogen-bond donors (Lipinski definition) is 0. The average Bonchev–Trinajstić information content (AvgIpc) is 2.84. The van der Waals surface area contributed by atoms with Crippen molar-refractivity contribution >= 4 is 27.0 Å². The molecule has 0 spiro atoms. The first kappa shape index (κ1) is 12.0. The molecule has 1 aromatic carbocycles. The third-order valence-electron chi connectivity index (χ3n) is 2.89. The molecule has 0 N–H and O–H groups in total. The van der Waals surface area contributed by atoms with Crippen molar-refractivity contribution in [3.8, 4) is 11.4 Å². The highest BCUT2D eigenvalue weighted by atomic mass is 32.1.